The Bertz CT molecular complexity index is 369. The smallest absolute Gasteiger partial charge is 0.0991 e. The van der Waals surface area contributed by atoms with Gasteiger partial charge in [-0.25, -0.2) is 0 Å². The van der Waals surface area contributed by atoms with Crippen LogP contribution in [0.25, 0.3) is 0 Å². The number of aryl methyl sites for hydroxylation is 1. The lowest BCUT2D eigenvalue weighted by molar-refractivity contribution is 0.200. The Morgan fingerprint density at radius 2 is 2.20 bits per heavy atom. The second kappa shape index (κ2) is 4.49. The van der Waals surface area contributed by atoms with Gasteiger partial charge in [0.1, 0.15) is 0 Å². The summed E-state index contributed by atoms with van der Waals surface area (Å²) in [6.45, 7) is 2.33. The van der Waals surface area contributed by atoms with E-state index in [0.29, 0.717) is 0 Å². The van der Waals surface area contributed by atoms with E-state index in [-0.39, 0.29) is 0 Å². The van der Waals surface area contributed by atoms with E-state index in [4.69, 9.17) is 5.26 Å². The SMILES string of the molecule is CC1CC(CCc2cccc(C#N)c2)C1. The lowest BCUT2D eigenvalue weighted by Crippen LogP contribution is -2.21. The summed E-state index contributed by atoms with van der Waals surface area (Å²) in [6.07, 6.45) is 5.22. The second-order valence-corrected chi connectivity index (χ2v) is 4.79. The molecule has 0 radical (unpaired) electrons. The van der Waals surface area contributed by atoms with Crippen LogP contribution in [0, 0.1) is 23.2 Å². The molecule has 0 aromatic heterocycles. The van der Waals surface area contributed by atoms with Crippen LogP contribution in [-0.4, -0.2) is 0 Å². The molecular formula is C14H17N. The maximum atomic E-state index is 8.78. The Balaban J connectivity index is 1.86. The molecule has 1 saturated carbocycles. The number of rotatable bonds is 3. The van der Waals surface area contributed by atoms with Crippen molar-refractivity contribution in [2.24, 2.45) is 11.8 Å². The predicted octanol–water partition coefficient (Wildman–Crippen LogP) is 3.54. The van der Waals surface area contributed by atoms with Gasteiger partial charge in [0, 0.05) is 0 Å². The first kappa shape index (κ1) is 10.2. The van der Waals surface area contributed by atoms with E-state index in [2.05, 4.69) is 19.1 Å². The fraction of sp³-hybridized carbons (Fsp3) is 0.500. The third-order valence-electron chi connectivity index (χ3n) is 3.37. The monoisotopic (exact) mass is 199 g/mol. The van der Waals surface area contributed by atoms with Crippen molar-refractivity contribution in [3.05, 3.63) is 35.4 Å². The molecule has 1 heteroatoms. The van der Waals surface area contributed by atoms with Crippen molar-refractivity contribution in [3.8, 4) is 6.07 Å². The Labute approximate surface area is 91.7 Å². The van der Waals surface area contributed by atoms with E-state index in [1.54, 1.807) is 0 Å². The predicted molar refractivity (Wildman–Crippen MR) is 61.4 cm³/mol. The fourth-order valence-corrected chi connectivity index (χ4v) is 2.47. The largest absolute Gasteiger partial charge is 0.192 e. The highest BCUT2D eigenvalue weighted by Gasteiger charge is 2.24. The van der Waals surface area contributed by atoms with E-state index in [9.17, 15) is 0 Å². The molecule has 0 N–H and O–H groups in total. The first-order valence-corrected chi connectivity index (χ1v) is 5.77. The summed E-state index contributed by atoms with van der Waals surface area (Å²) in [7, 11) is 0. The molecule has 0 bridgehead atoms. The molecule has 2 rings (SSSR count). The summed E-state index contributed by atoms with van der Waals surface area (Å²) >= 11 is 0. The number of hydrogen-bond donors (Lipinski definition) is 0. The van der Waals surface area contributed by atoms with Crippen molar-refractivity contribution in [2.45, 2.75) is 32.6 Å². The average molecular weight is 199 g/mol. The van der Waals surface area contributed by atoms with Crippen LogP contribution in [-0.2, 0) is 6.42 Å². The van der Waals surface area contributed by atoms with Gasteiger partial charge in [-0.1, -0.05) is 19.1 Å². The van der Waals surface area contributed by atoms with Crippen molar-refractivity contribution in [1.82, 2.24) is 0 Å². The summed E-state index contributed by atoms with van der Waals surface area (Å²) in [5.74, 6) is 1.88. The Kier molecular flexibility index (Phi) is 3.06. The fourth-order valence-electron chi connectivity index (χ4n) is 2.47. The van der Waals surface area contributed by atoms with Crippen molar-refractivity contribution in [3.63, 3.8) is 0 Å². The van der Waals surface area contributed by atoms with Gasteiger partial charge in [0.15, 0.2) is 0 Å². The molecule has 0 heterocycles. The number of nitriles is 1. The summed E-state index contributed by atoms with van der Waals surface area (Å²) < 4.78 is 0. The zero-order valence-corrected chi connectivity index (χ0v) is 9.24. The van der Waals surface area contributed by atoms with Crippen LogP contribution in [0.2, 0.25) is 0 Å². The van der Waals surface area contributed by atoms with Crippen LogP contribution in [0.15, 0.2) is 24.3 Å². The molecule has 0 spiro atoms. The van der Waals surface area contributed by atoms with Gasteiger partial charge in [0.05, 0.1) is 11.6 Å². The molecule has 78 valence electrons. The maximum Gasteiger partial charge on any atom is 0.0991 e. The van der Waals surface area contributed by atoms with Gasteiger partial charge in [-0.15, -0.1) is 0 Å². The summed E-state index contributed by atoms with van der Waals surface area (Å²) in [6, 6.07) is 10.2. The van der Waals surface area contributed by atoms with Crippen LogP contribution >= 0.6 is 0 Å². The summed E-state index contributed by atoms with van der Waals surface area (Å²) in [5.41, 5.74) is 2.10. The van der Waals surface area contributed by atoms with E-state index in [1.807, 2.05) is 18.2 Å². The molecule has 1 nitrogen and oxygen atoms in total. The molecule has 1 aliphatic carbocycles. The highest BCUT2D eigenvalue weighted by Crippen LogP contribution is 2.36. The van der Waals surface area contributed by atoms with E-state index < -0.39 is 0 Å². The van der Waals surface area contributed by atoms with Crippen LogP contribution in [0.4, 0.5) is 0 Å². The lowest BCUT2D eigenvalue weighted by Gasteiger charge is -2.32. The highest BCUT2D eigenvalue weighted by molar-refractivity contribution is 5.32. The van der Waals surface area contributed by atoms with E-state index >= 15 is 0 Å². The van der Waals surface area contributed by atoms with Crippen LogP contribution in [0.1, 0.15) is 37.3 Å². The van der Waals surface area contributed by atoms with Gasteiger partial charge in [0.25, 0.3) is 0 Å². The molecule has 0 saturated heterocycles. The molecule has 0 amide bonds. The van der Waals surface area contributed by atoms with Crippen molar-refractivity contribution in [2.75, 3.05) is 0 Å². The zero-order valence-electron chi connectivity index (χ0n) is 9.24. The molecule has 1 aromatic rings. The minimum Gasteiger partial charge on any atom is -0.192 e. The molecule has 1 aromatic carbocycles. The molecule has 0 aliphatic heterocycles. The van der Waals surface area contributed by atoms with Crippen LogP contribution in [0.5, 0.6) is 0 Å². The van der Waals surface area contributed by atoms with Gasteiger partial charge in [-0.05, 0) is 55.2 Å². The first-order chi connectivity index (χ1) is 7.28. The Hall–Kier alpha value is -1.29. The second-order valence-electron chi connectivity index (χ2n) is 4.79. The minimum absolute atomic E-state index is 0.787. The standard InChI is InChI=1S/C14H17N/c1-11-7-13(8-11)6-5-12-3-2-4-14(9-12)10-15/h2-4,9,11,13H,5-8H2,1H3. The van der Waals surface area contributed by atoms with Gasteiger partial charge in [-0.2, -0.15) is 5.26 Å². The molecule has 0 atom stereocenters. The molecular weight excluding hydrogens is 182 g/mol. The van der Waals surface area contributed by atoms with Gasteiger partial charge in [-0.3, -0.25) is 0 Å². The zero-order chi connectivity index (χ0) is 10.7. The Morgan fingerprint density at radius 3 is 2.87 bits per heavy atom. The maximum absolute atomic E-state index is 8.78. The quantitative estimate of drug-likeness (QED) is 0.730. The van der Waals surface area contributed by atoms with Crippen LogP contribution < -0.4 is 0 Å². The van der Waals surface area contributed by atoms with Gasteiger partial charge in [0.2, 0.25) is 0 Å². The lowest BCUT2D eigenvalue weighted by atomic mass is 9.73. The van der Waals surface area contributed by atoms with Crippen molar-refractivity contribution >= 4 is 0 Å². The number of nitrogens with zero attached hydrogens (tertiary/aromatic N) is 1. The topological polar surface area (TPSA) is 23.8 Å². The molecule has 15 heavy (non-hydrogen) atoms. The third-order valence-corrected chi connectivity index (χ3v) is 3.37. The van der Waals surface area contributed by atoms with E-state index in [0.717, 1.165) is 23.8 Å². The minimum atomic E-state index is 0.787. The normalized spacial score (nSPS) is 24.3. The first-order valence-electron chi connectivity index (χ1n) is 5.77. The molecule has 0 unspecified atom stereocenters. The Morgan fingerprint density at radius 1 is 1.40 bits per heavy atom. The third kappa shape index (κ3) is 2.59. The highest BCUT2D eigenvalue weighted by atomic mass is 14.3. The summed E-state index contributed by atoms with van der Waals surface area (Å²) in [5, 5.41) is 8.78. The average Bonchev–Trinajstić information content (AvgIpc) is 2.23. The van der Waals surface area contributed by atoms with Gasteiger partial charge >= 0.3 is 0 Å². The summed E-state index contributed by atoms with van der Waals surface area (Å²) in [4.78, 5) is 0. The number of hydrogen-bond acceptors (Lipinski definition) is 1. The van der Waals surface area contributed by atoms with Crippen molar-refractivity contribution < 1.29 is 0 Å². The number of benzene rings is 1. The molecule has 1 fully saturated rings. The van der Waals surface area contributed by atoms with Gasteiger partial charge < -0.3 is 0 Å². The molecule has 1 aliphatic rings. The van der Waals surface area contributed by atoms with Crippen molar-refractivity contribution in [1.29, 1.82) is 5.26 Å². The van der Waals surface area contributed by atoms with E-state index in [1.165, 1.54) is 24.8 Å². The van der Waals surface area contributed by atoms with Crippen LogP contribution in [0.3, 0.4) is 0 Å².